The van der Waals surface area contributed by atoms with E-state index < -0.39 is 0 Å². The van der Waals surface area contributed by atoms with Crippen molar-refractivity contribution in [1.29, 1.82) is 0 Å². The van der Waals surface area contributed by atoms with E-state index in [2.05, 4.69) is 43.7 Å². The van der Waals surface area contributed by atoms with E-state index in [-0.39, 0.29) is 0 Å². The third kappa shape index (κ3) is 5.15. The van der Waals surface area contributed by atoms with E-state index in [0.29, 0.717) is 6.61 Å². The van der Waals surface area contributed by atoms with E-state index in [1.165, 1.54) is 5.56 Å². The highest BCUT2D eigenvalue weighted by Gasteiger charge is 2.00. The molecule has 0 spiro atoms. The van der Waals surface area contributed by atoms with Crippen molar-refractivity contribution < 1.29 is 4.74 Å². The van der Waals surface area contributed by atoms with Crippen LogP contribution < -0.4 is 10.1 Å². The molecule has 0 bridgehead atoms. The molecule has 5 heteroatoms. The van der Waals surface area contributed by atoms with Crippen LogP contribution in [0.2, 0.25) is 0 Å². The van der Waals surface area contributed by atoms with Crippen molar-refractivity contribution in [2.75, 3.05) is 32.6 Å². The quantitative estimate of drug-likeness (QED) is 0.811. The number of hydrogen-bond acceptors (Lipinski definition) is 4. The molecular weight excluding hydrogens is 336 g/mol. The number of ether oxygens (including phenoxy) is 1. The van der Waals surface area contributed by atoms with Crippen LogP contribution in [0.4, 0.5) is 5.69 Å². The summed E-state index contributed by atoms with van der Waals surface area (Å²) in [7, 11) is 4.08. The zero-order valence-corrected chi connectivity index (χ0v) is 14.1. The molecule has 0 aliphatic rings. The van der Waals surface area contributed by atoms with Gasteiger partial charge in [0, 0.05) is 24.8 Å². The first-order chi connectivity index (χ1) is 9.63. The first kappa shape index (κ1) is 15.4. The second-order valence-corrected chi connectivity index (χ2v) is 7.08. The summed E-state index contributed by atoms with van der Waals surface area (Å²) >= 11 is 5.18. The summed E-state index contributed by atoms with van der Waals surface area (Å²) in [5.74, 6) is 0.906. The van der Waals surface area contributed by atoms with Gasteiger partial charge in [-0.15, -0.1) is 11.3 Å². The van der Waals surface area contributed by atoms with E-state index in [4.69, 9.17) is 4.74 Å². The molecule has 108 valence electrons. The third-order valence-electron chi connectivity index (χ3n) is 2.76. The lowest BCUT2D eigenvalue weighted by Crippen LogP contribution is -2.19. The number of rotatable bonds is 7. The van der Waals surface area contributed by atoms with Crippen molar-refractivity contribution in [3.8, 4) is 5.75 Å². The molecule has 0 atom stereocenters. The van der Waals surface area contributed by atoms with Crippen molar-refractivity contribution in [2.24, 2.45) is 0 Å². The molecule has 0 unspecified atom stereocenters. The van der Waals surface area contributed by atoms with Crippen molar-refractivity contribution >= 4 is 33.0 Å². The molecule has 20 heavy (non-hydrogen) atoms. The van der Waals surface area contributed by atoms with Crippen LogP contribution in [0.5, 0.6) is 5.75 Å². The van der Waals surface area contributed by atoms with E-state index in [1.54, 1.807) is 11.3 Å². The maximum atomic E-state index is 5.73. The van der Waals surface area contributed by atoms with Gasteiger partial charge in [0.15, 0.2) is 0 Å². The van der Waals surface area contributed by atoms with Crippen LogP contribution in [0.1, 0.15) is 5.56 Å². The minimum atomic E-state index is 0.702. The normalized spacial score (nSPS) is 10.8. The molecule has 2 aromatic rings. The van der Waals surface area contributed by atoms with Gasteiger partial charge in [-0.05, 0) is 59.2 Å². The van der Waals surface area contributed by atoms with Gasteiger partial charge in [-0.3, -0.25) is 0 Å². The largest absolute Gasteiger partial charge is 0.492 e. The van der Waals surface area contributed by atoms with Gasteiger partial charge in [-0.25, -0.2) is 0 Å². The highest BCUT2D eigenvalue weighted by molar-refractivity contribution is 9.11. The lowest BCUT2D eigenvalue weighted by molar-refractivity contribution is 0.261. The fraction of sp³-hybridized carbons (Fsp3) is 0.333. The molecule has 0 saturated heterocycles. The standard InChI is InChI=1S/C15H19BrN2OS/c1-18(2)6-7-19-14-5-3-4-13(9-14)17-10-12-8-15(16)20-11-12/h3-5,8-9,11,17H,6-7,10H2,1-2H3. The Kier molecular flexibility index (Phi) is 5.88. The van der Waals surface area contributed by atoms with Crippen molar-refractivity contribution in [2.45, 2.75) is 6.54 Å². The van der Waals surface area contributed by atoms with Gasteiger partial charge in [0.1, 0.15) is 12.4 Å². The fourth-order valence-corrected chi connectivity index (χ4v) is 2.89. The molecule has 0 saturated carbocycles. The number of nitrogens with zero attached hydrogens (tertiary/aromatic N) is 1. The predicted octanol–water partition coefficient (Wildman–Crippen LogP) is 4.06. The second-order valence-electron chi connectivity index (χ2n) is 4.79. The smallest absolute Gasteiger partial charge is 0.121 e. The molecule has 2 rings (SSSR count). The first-order valence-electron chi connectivity index (χ1n) is 6.48. The molecule has 1 N–H and O–H groups in total. The van der Waals surface area contributed by atoms with Crippen molar-refractivity contribution in [3.63, 3.8) is 0 Å². The van der Waals surface area contributed by atoms with Gasteiger partial charge in [-0.2, -0.15) is 0 Å². The van der Waals surface area contributed by atoms with Crippen LogP contribution in [-0.4, -0.2) is 32.1 Å². The molecule has 0 radical (unpaired) electrons. The van der Waals surface area contributed by atoms with Crippen LogP contribution in [0, 0.1) is 0 Å². The van der Waals surface area contributed by atoms with Gasteiger partial charge in [0.2, 0.25) is 0 Å². The highest BCUT2D eigenvalue weighted by atomic mass is 79.9. The minimum Gasteiger partial charge on any atom is -0.492 e. The lowest BCUT2D eigenvalue weighted by Gasteiger charge is -2.12. The Morgan fingerprint density at radius 1 is 1.30 bits per heavy atom. The molecule has 1 aromatic heterocycles. The Morgan fingerprint density at radius 3 is 2.85 bits per heavy atom. The zero-order chi connectivity index (χ0) is 14.4. The monoisotopic (exact) mass is 354 g/mol. The Balaban J connectivity index is 1.85. The van der Waals surface area contributed by atoms with Crippen LogP contribution in [-0.2, 0) is 6.54 Å². The summed E-state index contributed by atoms with van der Waals surface area (Å²) in [6, 6.07) is 10.2. The van der Waals surface area contributed by atoms with Crippen LogP contribution >= 0.6 is 27.3 Å². The van der Waals surface area contributed by atoms with E-state index >= 15 is 0 Å². The zero-order valence-electron chi connectivity index (χ0n) is 11.7. The minimum absolute atomic E-state index is 0.702. The summed E-state index contributed by atoms with van der Waals surface area (Å²) < 4.78 is 6.89. The number of nitrogens with one attached hydrogen (secondary N) is 1. The molecule has 1 aromatic carbocycles. The van der Waals surface area contributed by atoms with Crippen LogP contribution in [0.3, 0.4) is 0 Å². The maximum Gasteiger partial charge on any atom is 0.121 e. The molecule has 0 aliphatic carbocycles. The van der Waals surface area contributed by atoms with Gasteiger partial charge in [0.05, 0.1) is 3.79 Å². The maximum absolute atomic E-state index is 5.73. The number of likely N-dealkylation sites (N-methyl/N-ethyl adjacent to an activating group) is 1. The summed E-state index contributed by atoms with van der Waals surface area (Å²) in [5, 5.41) is 5.56. The van der Waals surface area contributed by atoms with E-state index in [1.807, 2.05) is 32.3 Å². The molecule has 3 nitrogen and oxygen atoms in total. The van der Waals surface area contributed by atoms with Crippen LogP contribution in [0.25, 0.3) is 0 Å². The molecule has 0 aliphatic heterocycles. The topological polar surface area (TPSA) is 24.5 Å². The average Bonchev–Trinajstić information content (AvgIpc) is 2.82. The second kappa shape index (κ2) is 7.67. The number of benzene rings is 1. The first-order valence-corrected chi connectivity index (χ1v) is 8.15. The summed E-state index contributed by atoms with van der Waals surface area (Å²) in [4.78, 5) is 2.11. The van der Waals surface area contributed by atoms with Crippen molar-refractivity contribution in [1.82, 2.24) is 4.90 Å². The summed E-state index contributed by atoms with van der Waals surface area (Å²) in [5.41, 5.74) is 2.36. The number of hydrogen-bond donors (Lipinski definition) is 1. The number of anilines is 1. The van der Waals surface area contributed by atoms with Gasteiger partial charge >= 0.3 is 0 Å². The molecular formula is C15H19BrN2OS. The van der Waals surface area contributed by atoms with Gasteiger partial charge < -0.3 is 15.0 Å². The van der Waals surface area contributed by atoms with Crippen LogP contribution in [0.15, 0.2) is 39.5 Å². The summed E-state index contributed by atoms with van der Waals surface area (Å²) in [6.45, 7) is 2.44. The Labute approximate surface area is 132 Å². The fourth-order valence-electron chi connectivity index (χ4n) is 1.68. The molecule has 1 heterocycles. The number of thiophene rings is 1. The van der Waals surface area contributed by atoms with E-state index in [0.717, 1.165) is 28.3 Å². The Hall–Kier alpha value is -1.04. The average molecular weight is 355 g/mol. The van der Waals surface area contributed by atoms with Crippen molar-refractivity contribution in [3.05, 3.63) is 45.1 Å². The number of halogens is 1. The summed E-state index contributed by atoms with van der Waals surface area (Å²) in [6.07, 6.45) is 0. The van der Waals surface area contributed by atoms with Gasteiger partial charge in [0.25, 0.3) is 0 Å². The highest BCUT2D eigenvalue weighted by Crippen LogP contribution is 2.22. The Bertz CT molecular complexity index is 542. The van der Waals surface area contributed by atoms with E-state index in [9.17, 15) is 0 Å². The molecule has 0 fully saturated rings. The third-order valence-corrected chi connectivity index (χ3v) is 4.31. The molecule has 0 amide bonds. The van der Waals surface area contributed by atoms with Gasteiger partial charge in [-0.1, -0.05) is 6.07 Å². The lowest BCUT2D eigenvalue weighted by atomic mass is 10.2. The SMILES string of the molecule is CN(C)CCOc1cccc(NCc2csc(Br)c2)c1. The predicted molar refractivity (Wildman–Crippen MR) is 89.8 cm³/mol. The Morgan fingerprint density at radius 2 is 2.15 bits per heavy atom.